The summed E-state index contributed by atoms with van der Waals surface area (Å²) >= 11 is 0. The first-order chi connectivity index (χ1) is 14.5. The van der Waals surface area contributed by atoms with E-state index in [9.17, 15) is 31.4 Å². The molecular weight excluding hydrogens is 460 g/mol. The summed E-state index contributed by atoms with van der Waals surface area (Å²) in [7, 11) is 0. The number of alkyl halides is 6. The molecular formula is C22H22ClF6NO2. The highest BCUT2D eigenvalue weighted by atomic mass is 35.5. The first-order valence-corrected chi connectivity index (χ1v) is 9.90. The molecule has 4 atom stereocenters. The van der Waals surface area contributed by atoms with Crippen molar-refractivity contribution in [2.24, 2.45) is 0 Å². The van der Waals surface area contributed by atoms with Gasteiger partial charge in [0.15, 0.2) is 0 Å². The Bertz CT molecular complexity index is 900. The molecule has 32 heavy (non-hydrogen) atoms. The Kier molecular flexibility index (Phi) is 6.87. The highest BCUT2D eigenvalue weighted by Gasteiger charge is 2.54. The van der Waals surface area contributed by atoms with Crippen molar-refractivity contribution in [1.82, 2.24) is 5.32 Å². The highest BCUT2D eigenvalue weighted by Crippen LogP contribution is 2.45. The van der Waals surface area contributed by atoms with E-state index in [0.29, 0.717) is 31.4 Å². The van der Waals surface area contributed by atoms with E-state index in [1.165, 1.54) is 0 Å². The van der Waals surface area contributed by atoms with Crippen LogP contribution < -0.4 is 5.32 Å². The quantitative estimate of drug-likeness (QED) is 0.571. The summed E-state index contributed by atoms with van der Waals surface area (Å²) in [5.74, 6) is 0. The summed E-state index contributed by atoms with van der Waals surface area (Å²) in [6, 6.07) is 10.6. The van der Waals surface area contributed by atoms with Gasteiger partial charge >= 0.3 is 12.4 Å². The van der Waals surface area contributed by atoms with Crippen LogP contribution in [0.5, 0.6) is 0 Å². The smallest absolute Gasteiger partial charge is 0.391 e. The second kappa shape index (κ2) is 8.85. The molecule has 0 aromatic heterocycles. The van der Waals surface area contributed by atoms with Gasteiger partial charge < -0.3 is 9.84 Å². The number of aliphatic hydroxyl groups is 1. The maximum Gasteiger partial charge on any atom is 0.416 e. The van der Waals surface area contributed by atoms with Crippen molar-refractivity contribution < 1.29 is 36.2 Å². The first-order valence-electron chi connectivity index (χ1n) is 9.90. The van der Waals surface area contributed by atoms with E-state index in [2.05, 4.69) is 5.32 Å². The molecule has 2 bridgehead atoms. The summed E-state index contributed by atoms with van der Waals surface area (Å²) in [5, 5.41) is 13.8. The maximum atomic E-state index is 13.1. The van der Waals surface area contributed by atoms with Crippen molar-refractivity contribution in [3.05, 3.63) is 70.8 Å². The van der Waals surface area contributed by atoms with Crippen molar-refractivity contribution in [3.63, 3.8) is 0 Å². The molecule has 176 valence electrons. The fourth-order valence-electron chi connectivity index (χ4n) is 4.67. The van der Waals surface area contributed by atoms with Crippen LogP contribution in [0.15, 0.2) is 48.5 Å². The number of aliphatic hydroxyl groups excluding tert-OH is 1. The molecule has 4 rings (SSSR count). The number of benzene rings is 2. The van der Waals surface area contributed by atoms with Crippen LogP contribution in [0.2, 0.25) is 0 Å². The third-order valence-corrected chi connectivity index (χ3v) is 6.12. The SMILES string of the molecule is Cl.OC1CC2(c3ccccc3)NC1CCC2OCc1cc(C(F)(F)F)cc(C(F)(F)F)c1. The molecule has 2 fully saturated rings. The standard InChI is InChI=1S/C22H21F6NO2.ClH/c23-21(24,25)15-8-13(9-16(10-15)22(26,27)28)12-31-19-7-6-17-18(30)11-20(19,29-17)14-4-2-1-3-5-14;/h1-5,8-10,17-19,29-30H,6-7,11-12H2;1H. The average molecular weight is 482 g/mol. The van der Waals surface area contributed by atoms with Gasteiger partial charge in [0, 0.05) is 6.04 Å². The third kappa shape index (κ3) is 4.76. The molecule has 10 heteroatoms. The second-order valence-corrected chi connectivity index (χ2v) is 8.15. The molecule has 0 radical (unpaired) electrons. The molecule has 2 heterocycles. The Labute approximate surface area is 187 Å². The van der Waals surface area contributed by atoms with E-state index in [1.807, 2.05) is 30.3 Å². The lowest BCUT2D eigenvalue weighted by Gasteiger charge is -2.42. The Balaban J connectivity index is 0.00000289. The molecule has 2 aliphatic heterocycles. The van der Waals surface area contributed by atoms with Gasteiger partial charge in [0.2, 0.25) is 0 Å². The van der Waals surface area contributed by atoms with E-state index >= 15 is 0 Å². The molecule has 0 saturated carbocycles. The molecule has 2 aliphatic rings. The number of rotatable bonds is 4. The zero-order chi connectivity index (χ0) is 22.4. The number of nitrogens with one attached hydrogen (secondary N) is 1. The topological polar surface area (TPSA) is 41.5 Å². The third-order valence-electron chi connectivity index (χ3n) is 6.12. The molecule has 2 saturated heterocycles. The van der Waals surface area contributed by atoms with Gasteiger partial charge in [-0.25, -0.2) is 0 Å². The Morgan fingerprint density at radius 2 is 1.53 bits per heavy atom. The number of hydrogen-bond donors (Lipinski definition) is 2. The van der Waals surface area contributed by atoms with E-state index in [4.69, 9.17) is 4.74 Å². The minimum atomic E-state index is -4.91. The van der Waals surface area contributed by atoms with Crippen LogP contribution >= 0.6 is 12.4 Å². The van der Waals surface area contributed by atoms with Crippen molar-refractivity contribution in [2.75, 3.05) is 0 Å². The van der Waals surface area contributed by atoms with Gasteiger partial charge in [0.1, 0.15) is 0 Å². The Morgan fingerprint density at radius 3 is 2.09 bits per heavy atom. The van der Waals surface area contributed by atoms with Crippen LogP contribution in [0.3, 0.4) is 0 Å². The number of ether oxygens (including phenoxy) is 1. The fraction of sp³-hybridized carbons (Fsp3) is 0.455. The second-order valence-electron chi connectivity index (χ2n) is 8.15. The lowest BCUT2D eigenvalue weighted by Crippen LogP contribution is -2.54. The summed E-state index contributed by atoms with van der Waals surface area (Å²) < 4.78 is 84.7. The highest BCUT2D eigenvalue weighted by molar-refractivity contribution is 5.85. The van der Waals surface area contributed by atoms with Crippen molar-refractivity contribution in [3.8, 4) is 0 Å². The fourth-order valence-corrected chi connectivity index (χ4v) is 4.67. The predicted octanol–water partition coefficient (Wildman–Crippen LogP) is 5.44. The normalized spacial score (nSPS) is 27.8. The number of fused-ring (bicyclic) bond motifs is 2. The Morgan fingerprint density at radius 1 is 0.938 bits per heavy atom. The predicted molar refractivity (Wildman–Crippen MR) is 107 cm³/mol. The van der Waals surface area contributed by atoms with Crippen LogP contribution in [0.1, 0.15) is 41.5 Å². The van der Waals surface area contributed by atoms with Gasteiger partial charge in [0.25, 0.3) is 0 Å². The van der Waals surface area contributed by atoms with Gasteiger partial charge in [-0.05, 0) is 48.6 Å². The summed E-state index contributed by atoms with van der Waals surface area (Å²) in [4.78, 5) is 0. The largest absolute Gasteiger partial charge is 0.416 e. The van der Waals surface area contributed by atoms with E-state index in [-0.39, 0.29) is 30.1 Å². The van der Waals surface area contributed by atoms with Crippen LogP contribution in [0.4, 0.5) is 26.3 Å². The zero-order valence-corrected chi connectivity index (χ0v) is 17.5. The first kappa shape index (κ1) is 24.8. The number of hydrogen-bond acceptors (Lipinski definition) is 3. The van der Waals surface area contributed by atoms with E-state index in [1.54, 1.807) is 0 Å². The van der Waals surface area contributed by atoms with Crippen molar-refractivity contribution in [1.29, 1.82) is 0 Å². The van der Waals surface area contributed by atoms with Gasteiger partial charge in [-0.15, -0.1) is 12.4 Å². The minimum Gasteiger partial charge on any atom is -0.391 e. The lowest BCUT2D eigenvalue weighted by atomic mass is 9.80. The molecule has 2 N–H and O–H groups in total. The maximum absolute atomic E-state index is 13.1. The molecule has 0 aliphatic carbocycles. The van der Waals surface area contributed by atoms with Crippen LogP contribution in [-0.2, 0) is 29.2 Å². The monoisotopic (exact) mass is 481 g/mol. The number of halogens is 7. The molecule has 0 spiro atoms. The van der Waals surface area contributed by atoms with Crippen molar-refractivity contribution >= 4 is 12.4 Å². The zero-order valence-electron chi connectivity index (χ0n) is 16.7. The minimum absolute atomic E-state index is 0. The van der Waals surface area contributed by atoms with E-state index in [0.717, 1.165) is 5.56 Å². The Hall–Kier alpha value is -1.81. The van der Waals surface area contributed by atoms with Gasteiger partial charge in [-0.1, -0.05) is 30.3 Å². The summed E-state index contributed by atoms with van der Waals surface area (Å²) in [5.41, 5.74) is -2.82. The van der Waals surface area contributed by atoms with Crippen LogP contribution in [-0.4, -0.2) is 23.4 Å². The molecule has 2 aromatic carbocycles. The molecule has 3 nitrogen and oxygen atoms in total. The average Bonchev–Trinajstić information content (AvgIpc) is 2.98. The summed E-state index contributed by atoms with van der Waals surface area (Å²) in [6.07, 6.45) is -9.48. The van der Waals surface area contributed by atoms with Crippen LogP contribution in [0, 0.1) is 0 Å². The molecule has 4 unspecified atom stereocenters. The lowest BCUT2D eigenvalue weighted by molar-refractivity contribution is -0.143. The molecule has 2 aromatic rings. The van der Waals surface area contributed by atoms with Gasteiger partial charge in [-0.3, -0.25) is 5.32 Å². The van der Waals surface area contributed by atoms with Crippen molar-refractivity contribution in [2.45, 2.75) is 62.0 Å². The van der Waals surface area contributed by atoms with Crippen LogP contribution in [0.25, 0.3) is 0 Å². The molecule has 0 amide bonds. The van der Waals surface area contributed by atoms with Gasteiger partial charge in [0.05, 0.1) is 35.5 Å². The summed E-state index contributed by atoms with van der Waals surface area (Å²) in [6.45, 7) is -0.408. The number of piperidine rings is 1. The van der Waals surface area contributed by atoms with Gasteiger partial charge in [-0.2, -0.15) is 26.3 Å². The van der Waals surface area contributed by atoms with E-state index < -0.39 is 47.8 Å².